The Balaban J connectivity index is 1.59. The maximum Gasteiger partial charge on any atom is 0.419 e. The van der Waals surface area contributed by atoms with E-state index in [0.29, 0.717) is 51.3 Å². The van der Waals surface area contributed by atoms with Crippen molar-refractivity contribution in [3.63, 3.8) is 0 Å². The normalized spacial score (nSPS) is 12.0. The monoisotopic (exact) mass is 458 g/mol. The molecule has 1 aliphatic rings. The van der Waals surface area contributed by atoms with E-state index in [-0.39, 0.29) is 17.1 Å². The van der Waals surface area contributed by atoms with Crippen molar-refractivity contribution in [2.45, 2.75) is 6.18 Å². The fourth-order valence-electron chi connectivity index (χ4n) is 3.81. The topological polar surface area (TPSA) is 82.6 Å². The van der Waals surface area contributed by atoms with Crippen molar-refractivity contribution in [2.75, 3.05) is 0 Å². The zero-order valence-corrected chi connectivity index (χ0v) is 17.0. The second-order valence-corrected chi connectivity index (χ2v) is 7.33. The Morgan fingerprint density at radius 2 is 1.44 bits per heavy atom. The standard InChI is InChI=1S/C25H10F4N4O/c26-19-9-14(5-7-18(19)25(27,28)29)34-15-6-8-20-21(10-15)33-23-17-4-2-1-3-16(17)22(24(23)32-20)13(11-30)12-31/h1-10H. The van der Waals surface area contributed by atoms with Crippen LogP contribution in [0.15, 0.2) is 66.2 Å². The number of halogens is 4. The predicted octanol–water partition coefficient (Wildman–Crippen LogP) is 6.41. The van der Waals surface area contributed by atoms with E-state index < -0.39 is 17.6 Å². The van der Waals surface area contributed by atoms with Gasteiger partial charge in [0.15, 0.2) is 0 Å². The van der Waals surface area contributed by atoms with Gasteiger partial charge in [-0.3, -0.25) is 0 Å². The average molecular weight is 458 g/mol. The smallest absolute Gasteiger partial charge is 0.419 e. The molecule has 0 spiro atoms. The highest BCUT2D eigenvalue weighted by molar-refractivity contribution is 6.03. The van der Waals surface area contributed by atoms with Gasteiger partial charge >= 0.3 is 6.18 Å². The molecule has 9 heteroatoms. The first-order valence-electron chi connectivity index (χ1n) is 9.81. The summed E-state index contributed by atoms with van der Waals surface area (Å²) in [7, 11) is 0. The number of fused-ring (bicyclic) bond motifs is 4. The molecule has 34 heavy (non-hydrogen) atoms. The zero-order valence-electron chi connectivity index (χ0n) is 17.0. The summed E-state index contributed by atoms with van der Waals surface area (Å²) in [5, 5.41) is 18.8. The minimum atomic E-state index is -4.80. The molecular weight excluding hydrogens is 448 g/mol. The molecule has 4 aromatic rings. The van der Waals surface area contributed by atoms with E-state index in [1.54, 1.807) is 30.3 Å². The molecule has 0 unspecified atom stereocenters. The molecule has 0 N–H and O–H groups in total. The molecule has 3 aromatic carbocycles. The number of ether oxygens (including phenoxy) is 1. The number of hydrogen-bond acceptors (Lipinski definition) is 5. The van der Waals surface area contributed by atoms with Gasteiger partial charge in [-0.1, -0.05) is 24.3 Å². The third-order valence-electron chi connectivity index (χ3n) is 5.28. The van der Waals surface area contributed by atoms with Gasteiger partial charge in [0.25, 0.3) is 0 Å². The summed E-state index contributed by atoms with van der Waals surface area (Å²) in [6.45, 7) is 0. The van der Waals surface area contributed by atoms with Crippen LogP contribution in [0.4, 0.5) is 17.6 Å². The van der Waals surface area contributed by atoms with Gasteiger partial charge in [-0.05, 0) is 29.8 Å². The first-order valence-corrected chi connectivity index (χ1v) is 9.81. The predicted molar refractivity (Wildman–Crippen MR) is 114 cm³/mol. The second kappa shape index (κ2) is 7.68. The Morgan fingerprint density at radius 1 is 0.794 bits per heavy atom. The van der Waals surface area contributed by atoms with Crippen molar-refractivity contribution in [1.82, 2.24) is 9.97 Å². The largest absolute Gasteiger partial charge is 0.457 e. The summed E-state index contributed by atoms with van der Waals surface area (Å²) in [4.78, 5) is 9.25. The van der Waals surface area contributed by atoms with Crippen molar-refractivity contribution in [3.05, 3.63) is 88.9 Å². The van der Waals surface area contributed by atoms with Gasteiger partial charge in [-0.2, -0.15) is 23.7 Å². The van der Waals surface area contributed by atoms with Crippen molar-refractivity contribution < 1.29 is 22.3 Å². The minimum Gasteiger partial charge on any atom is -0.457 e. The Hall–Kier alpha value is -4.76. The van der Waals surface area contributed by atoms with Gasteiger partial charge in [-0.25, -0.2) is 14.4 Å². The van der Waals surface area contributed by atoms with Crippen molar-refractivity contribution in [2.24, 2.45) is 0 Å². The second-order valence-electron chi connectivity index (χ2n) is 7.33. The lowest BCUT2D eigenvalue weighted by Crippen LogP contribution is -2.07. The zero-order chi connectivity index (χ0) is 24.0. The molecule has 0 fully saturated rings. The van der Waals surface area contributed by atoms with Crippen LogP contribution in [-0.2, 0) is 6.18 Å². The molecule has 0 bridgehead atoms. The third kappa shape index (κ3) is 3.40. The summed E-state index contributed by atoms with van der Waals surface area (Å²) in [6.07, 6.45) is -4.80. The van der Waals surface area contributed by atoms with Gasteiger partial charge in [0, 0.05) is 23.3 Å². The van der Waals surface area contributed by atoms with E-state index in [2.05, 4.69) is 9.97 Å². The van der Waals surface area contributed by atoms with Crippen LogP contribution >= 0.6 is 0 Å². The molecule has 1 aliphatic carbocycles. The Labute approximate surface area is 189 Å². The molecule has 0 saturated carbocycles. The molecule has 0 radical (unpaired) electrons. The van der Waals surface area contributed by atoms with Crippen LogP contribution < -0.4 is 4.74 Å². The maximum atomic E-state index is 13.9. The minimum absolute atomic E-state index is 0.0795. The first kappa shape index (κ1) is 21.1. The van der Waals surface area contributed by atoms with Crippen LogP contribution in [0.3, 0.4) is 0 Å². The fourth-order valence-corrected chi connectivity index (χ4v) is 3.81. The highest BCUT2D eigenvalue weighted by Gasteiger charge is 2.34. The van der Waals surface area contributed by atoms with Gasteiger partial charge in [0.2, 0.25) is 0 Å². The summed E-state index contributed by atoms with van der Waals surface area (Å²) in [5.74, 6) is -1.33. The van der Waals surface area contributed by atoms with Gasteiger partial charge in [0.1, 0.15) is 35.0 Å². The quantitative estimate of drug-likeness (QED) is 0.226. The SMILES string of the molecule is N#CC(C#N)=C1c2ccccc2-c2nc3cc(Oc4ccc(C(F)(F)F)c(F)c4)ccc3nc21. The van der Waals surface area contributed by atoms with Crippen molar-refractivity contribution in [3.8, 4) is 34.9 Å². The number of alkyl halides is 3. The lowest BCUT2D eigenvalue weighted by Gasteiger charge is -2.11. The number of hydrogen-bond donors (Lipinski definition) is 0. The molecule has 0 atom stereocenters. The maximum absolute atomic E-state index is 13.9. The lowest BCUT2D eigenvalue weighted by atomic mass is 10.0. The van der Waals surface area contributed by atoms with E-state index in [4.69, 9.17) is 4.74 Å². The summed E-state index contributed by atoms with van der Waals surface area (Å²) in [5.41, 5.74) is 2.08. The van der Waals surface area contributed by atoms with Crippen LogP contribution in [-0.4, -0.2) is 9.97 Å². The highest BCUT2D eigenvalue weighted by Crippen LogP contribution is 2.44. The number of nitriles is 2. The molecule has 5 rings (SSSR count). The summed E-state index contributed by atoms with van der Waals surface area (Å²) < 4.78 is 57.8. The lowest BCUT2D eigenvalue weighted by molar-refractivity contribution is -0.140. The van der Waals surface area contributed by atoms with E-state index in [1.807, 2.05) is 12.1 Å². The molecule has 0 amide bonds. The molecule has 5 nitrogen and oxygen atoms in total. The first-order chi connectivity index (χ1) is 16.3. The van der Waals surface area contributed by atoms with Crippen LogP contribution in [0, 0.1) is 28.5 Å². The van der Waals surface area contributed by atoms with E-state index in [0.717, 1.165) is 6.07 Å². The fraction of sp³-hybridized carbons (Fsp3) is 0.0400. The molecule has 164 valence electrons. The molecule has 0 saturated heterocycles. The van der Waals surface area contributed by atoms with Crippen LogP contribution in [0.5, 0.6) is 11.5 Å². The van der Waals surface area contributed by atoms with Crippen molar-refractivity contribution in [1.29, 1.82) is 10.5 Å². The molecular formula is C25H10F4N4O. The molecule has 0 aliphatic heterocycles. The van der Waals surface area contributed by atoms with Gasteiger partial charge in [0.05, 0.1) is 28.0 Å². The number of benzene rings is 3. The number of rotatable bonds is 2. The third-order valence-corrected chi connectivity index (χ3v) is 5.28. The number of aromatic nitrogens is 2. The summed E-state index contributed by atoms with van der Waals surface area (Å²) >= 11 is 0. The van der Waals surface area contributed by atoms with Crippen LogP contribution in [0.25, 0.3) is 27.9 Å². The molecule has 1 aromatic heterocycles. The average Bonchev–Trinajstić information content (AvgIpc) is 3.11. The van der Waals surface area contributed by atoms with Crippen LogP contribution in [0.1, 0.15) is 16.8 Å². The Kier molecular flexibility index (Phi) is 4.77. The van der Waals surface area contributed by atoms with Gasteiger partial charge < -0.3 is 4.74 Å². The number of allylic oxidation sites excluding steroid dienone is 1. The van der Waals surface area contributed by atoms with E-state index >= 15 is 0 Å². The van der Waals surface area contributed by atoms with E-state index in [1.165, 1.54) is 12.1 Å². The highest BCUT2D eigenvalue weighted by atomic mass is 19.4. The Bertz CT molecular complexity index is 1590. The van der Waals surface area contributed by atoms with Gasteiger partial charge in [-0.15, -0.1) is 0 Å². The van der Waals surface area contributed by atoms with Crippen LogP contribution in [0.2, 0.25) is 0 Å². The Morgan fingerprint density at radius 3 is 2.12 bits per heavy atom. The molecule has 1 heterocycles. The summed E-state index contributed by atoms with van der Waals surface area (Å²) in [6, 6.07) is 17.9. The number of nitrogens with zero attached hydrogens (tertiary/aromatic N) is 4. The van der Waals surface area contributed by atoms with E-state index in [9.17, 15) is 28.1 Å². The van der Waals surface area contributed by atoms with Crippen molar-refractivity contribution >= 4 is 16.6 Å².